The van der Waals surface area contributed by atoms with Gasteiger partial charge < -0.3 is 5.32 Å². The lowest BCUT2D eigenvalue weighted by atomic mass is 10.0. The highest BCUT2D eigenvalue weighted by Gasteiger charge is 2.02. The minimum Gasteiger partial charge on any atom is -0.311 e. The minimum atomic E-state index is 0.449. The van der Waals surface area contributed by atoms with E-state index in [1.165, 1.54) is 16.7 Å². The molecule has 0 aromatic heterocycles. The van der Waals surface area contributed by atoms with Crippen LogP contribution in [0, 0.1) is 5.92 Å². The molecule has 1 aromatic rings. The van der Waals surface area contributed by atoms with E-state index in [9.17, 15) is 0 Å². The normalized spacial score (nSPS) is 14.0. The van der Waals surface area contributed by atoms with Gasteiger partial charge in [0.05, 0.1) is 0 Å². The molecule has 0 aliphatic heterocycles. The van der Waals surface area contributed by atoms with E-state index in [0.717, 1.165) is 18.9 Å². The van der Waals surface area contributed by atoms with E-state index in [0.29, 0.717) is 6.04 Å². The van der Waals surface area contributed by atoms with Gasteiger partial charge in [-0.15, -0.1) is 0 Å². The molecule has 18 heavy (non-hydrogen) atoms. The Morgan fingerprint density at radius 1 is 1.17 bits per heavy atom. The molecule has 0 radical (unpaired) electrons. The molecule has 0 bridgehead atoms. The maximum absolute atomic E-state index is 3.43. The van der Waals surface area contributed by atoms with E-state index < -0.39 is 0 Å². The molecule has 0 aliphatic carbocycles. The van der Waals surface area contributed by atoms with Crippen LogP contribution in [0.3, 0.4) is 0 Å². The molecule has 1 rings (SSSR count). The zero-order valence-corrected chi connectivity index (χ0v) is 12.5. The fourth-order valence-electron chi connectivity index (χ4n) is 2.08. The van der Waals surface area contributed by atoms with Crippen LogP contribution in [-0.2, 0) is 6.42 Å². The fourth-order valence-corrected chi connectivity index (χ4v) is 2.08. The van der Waals surface area contributed by atoms with E-state index >= 15 is 0 Å². The Bertz CT molecular complexity index is 373. The van der Waals surface area contributed by atoms with Crippen molar-refractivity contribution in [3.05, 3.63) is 41.0 Å². The van der Waals surface area contributed by atoms with Gasteiger partial charge in [0.1, 0.15) is 0 Å². The van der Waals surface area contributed by atoms with Crippen LogP contribution in [0.5, 0.6) is 0 Å². The van der Waals surface area contributed by atoms with Crippen molar-refractivity contribution in [2.45, 2.75) is 47.1 Å². The van der Waals surface area contributed by atoms with Gasteiger partial charge in [0, 0.05) is 6.04 Å². The smallest absolute Gasteiger partial charge is 0.0251 e. The largest absolute Gasteiger partial charge is 0.311 e. The summed E-state index contributed by atoms with van der Waals surface area (Å²) in [6, 6.07) is 9.39. The molecule has 1 atom stereocenters. The van der Waals surface area contributed by atoms with Crippen molar-refractivity contribution >= 4 is 6.08 Å². The molecule has 1 N–H and O–H groups in total. The molecule has 0 fully saturated rings. The predicted molar refractivity (Wildman–Crippen MR) is 81.8 cm³/mol. The Labute approximate surface area is 112 Å². The zero-order valence-electron chi connectivity index (χ0n) is 12.5. The molecule has 100 valence electrons. The summed E-state index contributed by atoms with van der Waals surface area (Å²) in [5, 5.41) is 3.43. The minimum absolute atomic E-state index is 0.449. The summed E-state index contributed by atoms with van der Waals surface area (Å²) in [6.45, 7) is 12.1. The van der Waals surface area contributed by atoms with Crippen molar-refractivity contribution in [3.8, 4) is 0 Å². The van der Waals surface area contributed by atoms with E-state index in [1.54, 1.807) is 0 Å². The van der Waals surface area contributed by atoms with Gasteiger partial charge in [-0.25, -0.2) is 0 Å². The van der Waals surface area contributed by atoms with Gasteiger partial charge in [0.15, 0.2) is 0 Å². The predicted octanol–water partition coefficient (Wildman–Crippen LogP) is 4.29. The molecule has 1 aromatic carbocycles. The van der Waals surface area contributed by atoms with Crippen molar-refractivity contribution < 1.29 is 0 Å². The lowest BCUT2D eigenvalue weighted by molar-refractivity contribution is 0.636. The van der Waals surface area contributed by atoms with Crippen LogP contribution in [0.1, 0.15) is 45.7 Å². The number of hydrogen-bond donors (Lipinski definition) is 1. The van der Waals surface area contributed by atoms with Gasteiger partial charge in [-0.3, -0.25) is 0 Å². The maximum Gasteiger partial charge on any atom is 0.0251 e. The van der Waals surface area contributed by atoms with Crippen molar-refractivity contribution in [1.29, 1.82) is 0 Å². The fraction of sp³-hybridized carbons (Fsp3) is 0.529. The Morgan fingerprint density at radius 3 is 2.28 bits per heavy atom. The van der Waals surface area contributed by atoms with E-state index in [1.807, 2.05) is 0 Å². The summed E-state index contributed by atoms with van der Waals surface area (Å²) in [7, 11) is 0. The standard InChI is InChI=1S/C17H27N/c1-6-18-15(5)14(4)12-17-9-7-16(8-10-17)11-13(2)3/h7-10,12-13,15,18H,6,11H2,1-5H3/b14-12+. The molecule has 1 unspecified atom stereocenters. The first-order valence-electron chi connectivity index (χ1n) is 7.03. The van der Waals surface area contributed by atoms with Crippen molar-refractivity contribution in [3.63, 3.8) is 0 Å². The monoisotopic (exact) mass is 245 g/mol. The first-order chi connectivity index (χ1) is 8.52. The second-order valence-electron chi connectivity index (χ2n) is 5.51. The van der Waals surface area contributed by atoms with Crippen molar-refractivity contribution in [1.82, 2.24) is 5.32 Å². The van der Waals surface area contributed by atoms with Crippen LogP contribution in [0.2, 0.25) is 0 Å². The van der Waals surface area contributed by atoms with Crippen LogP contribution in [0.4, 0.5) is 0 Å². The van der Waals surface area contributed by atoms with Gasteiger partial charge in [-0.05, 0) is 43.9 Å². The first-order valence-corrected chi connectivity index (χ1v) is 7.03. The van der Waals surface area contributed by atoms with Crippen LogP contribution in [0.25, 0.3) is 6.08 Å². The average molecular weight is 245 g/mol. The van der Waals surface area contributed by atoms with E-state index in [-0.39, 0.29) is 0 Å². The number of benzene rings is 1. The third-order valence-corrected chi connectivity index (χ3v) is 3.21. The molecule has 0 heterocycles. The van der Waals surface area contributed by atoms with Crippen molar-refractivity contribution in [2.24, 2.45) is 5.92 Å². The summed E-state index contributed by atoms with van der Waals surface area (Å²) < 4.78 is 0. The van der Waals surface area contributed by atoms with Gasteiger partial charge in [0.25, 0.3) is 0 Å². The topological polar surface area (TPSA) is 12.0 Å². The summed E-state index contributed by atoms with van der Waals surface area (Å²) in [6.07, 6.45) is 3.43. The van der Waals surface area contributed by atoms with Crippen LogP contribution >= 0.6 is 0 Å². The molecule has 1 nitrogen and oxygen atoms in total. The molecule has 0 spiro atoms. The van der Waals surface area contributed by atoms with Gasteiger partial charge in [-0.1, -0.05) is 56.7 Å². The highest BCUT2D eigenvalue weighted by atomic mass is 14.9. The number of rotatable bonds is 6. The van der Waals surface area contributed by atoms with Crippen molar-refractivity contribution in [2.75, 3.05) is 6.54 Å². The van der Waals surface area contributed by atoms with Gasteiger partial charge in [-0.2, -0.15) is 0 Å². The number of hydrogen-bond acceptors (Lipinski definition) is 1. The molecule has 0 saturated heterocycles. The Kier molecular flexibility index (Phi) is 6.14. The quantitative estimate of drug-likeness (QED) is 0.788. The summed E-state index contributed by atoms with van der Waals surface area (Å²) >= 11 is 0. The molecule has 1 heteroatoms. The van der Waals surface area contributed by atoms with Crippen LogP contribution in [0.15, 0.2) is 29.8 Å². The van der Waals surface area contributed by atoms with Crippen LogP contribution in [-0.4, -0.2) is 12.6 Å². The van der Waals surface area contributed by atoms with Gasteiger partial charge in [0.2, 0.25) is 0 Å². The number of likely N-dealkylation sites (N-methyl/N-ethyl adjacent to an activating group) is 1. The Hall–Kier alpha value is -1.08. The highest BCUT2D eigenvalue weighted by molar-refractivity contribution is 5.53. The maximum atomic E-state index is 3.43. The third kappa shape index (κ3) is 5.05. The summed E-state index contributed by atoms with van der Waals surface area (Å²) in [5.41, 5.74) is 4.11. The highest BCUT2D eigenvalue weighted by Crippen LogP contribution is 2.13. The molecular weight excluding hydrogens is 218 g/mol. The Balaban J connectivity index is 2.70. The Morgan fingerprint density at radius 2 is 1.78 bits per heavy atom. The van der Waals surface area contributed by atoms with Crippen LogP contribution < -0.4 is 5.32 Å². The van der Waals surface area contributed by atoms with Gasteiger partial charge >= 0.3 is 0 Å². The van der Waals surface area contributed by atoms with E-state index in [4.69, 9.17) is 0 Å². The molecule has 0 amide bonds. The molecule has 0 aliphatic rings. The second-order valence-corrected chi connectivity index (χ2v) is 5.51. The lowest BCUT2D eigenvalue weighted by Gasteiger charge is -2.13. The molecular formula is C17H27N. The molecule has 0 saturated carbocycles. The SMILES string of the molecule is CCNC(C)/C(C)=C/c1ccc(CC(C)C)cc1. The first kappa shape index (κ1) is 15.0. The second kappa shape index (κ2) is 7.38. The average Bonchev–Trinajstić information content (AvgIpc) is 2.31. The summed E-state index contributed by atoms with van der Waals surface area (Å²) in [4.78, 5) is 0. The number of nitrogens with one attached hydrogen (secondary N) is 1. The zero-order chi connectivity index (χ0) is 13.5. The van der Waals surface area contributed by atoms with E-state index in [2.05, 4.69) is 70.3 Å². The lowest BCUT2D eigenvalue weighted by Crippen LogP contribution is -2.26. The third-order valence-electron chi connectivity index (χ3n) is 3.21. The summed E-state index contributed by atoms with van der Waals surface area (Å²) in [5.74, 6) is 0.724.